The zero-order valence-electron chi connectivity index (χ0n) is 13.6. The molecule has 6 nitrogen and oxygen atoms in total. The molecule has 3 N–H and O–H groups in total. The number of carboxylic acid groups (broad SMARTS) is 1. The Hall–Kier alpha value is -3.02. The number of phenolic OH excluding ortho intramolecular Hbond substituents is 1. The zero-order valence-corrected chi connectivity index (χ0v) is 13.6. The van der Waals surface area contributed by atoms with E-state index in [0.29, 0.717) is 23.2 Å². The predicted molar refractivity (Wildman–Crippen MR) is 88.9 cm³/mol. The molecule has 3 rings (SSSR count). The molecule has 0 bridgehead atoms. The fourth-order valence-electron chi connectivity index (χ4n) is 3.45. The van der Waals surface area contributed by atoms with Crippen molar-refractivity contribution in [3.05, 3.63) is 53.6 Å². The van der Waals surface area contributed by atoms with Crippen LogP contribution in [0.25, 0.3) is 0 Å². The van der Waals surface area contributed by atoms with Crippen LogP contribution in [-0.4, -0.2) is 17.0 Å². The van der Waals surface area contributed by atoms with E-state index in [2.05, 4.69) is 0 Å². The maximum Gasteiger partial charge on any atom is 0.319 e. The van der Waals surface area contributed by atoms with Gasteiger partial charge in [-0.15, -0.1) is 0 Å². The van der Waals surface area contributed by atoms with Crippen LogP contribution in [0.5, 0.6) is 11.5 Å². The van der Waals surface area contributed by atoms with E-state index in [1.54, 1.807) is 37.3 Å². The molecule has 1 heterocycles. The van der Waals surface area contributed by atoms with Crippen molar-refractivity contribution in [1.29, 1.82) is 0 Å². The first-order valence-corrected chi connectivity index (χ1v) is 8.03. The molecule has 3 atom stereocenters. The van der Waals surface area contributed by atoms with Crippen LogP contribution in [0.4, 0.5) is 5.69 Å². The molecule has 2 aromatic rings. The fraction of sp³-hybridized carbons (Fsp3) is 0.263. The van der Waals surface area contributed by atoms with Gasteiger partial charge in [0.2, 0.25) is 0 Å². The SMILES string of the molecule is CCC(C(=O)[O-])C1c2ccc(O)cc2OC(=O)C1c1ccc(N)cc1. The van der Waals surface area contributed by atoms with Crippen molar-refractivity contribution in [1.82, 2.24) is 0 Å². The van der Waals surface area contributed by atoms with Gasteiger partial charge in [-0.2, -0.15) is 0 Å². The van der Waals surface area contributed by atoms with E-state index in [0.717, 1.165) is 0 Å². The number of fused-ring (bicyclic) bond motifs is 1. The third-order valence-electron chi connectivity index (χ3n) is 4.65. The van der Waals surface area contributed by atoms with E-state index in [1.807, 2.05) is 0 Å². The zero-order chi connectivity index (χ0) is 18.1. The Morgan fingerprint density at radius 3 is 2.56 bits per heavy atom. The fourth-order valence-corrected chi connectivity index (χ4v) is 3.45. The van der Waals surface area contributed by atoms with Gasteiger partial charge in [0.15, 0.2) is 0 Å². The summed E-state index contributed by atoms with van der Waals surface area (Å²) in [6.45, 7) is 1.74. The summed E-state index contributed by atoms with van der Waals surface area (Å²) < 4.78 is 5.37. The summed E-state index contributed by atoms with van der Waals surface area (Å²) in [5.41, 5.74) is 7.44. The molecule has 25 heavy (non-hydrogen) atoms. The maximum atomic E-state index is 12.7. The summed E-state index contributed by atoms with van der Waals surface area (Å²) in [5.74, 6) is -3.98. The number of nitrogens with two attached hydrogens (primary N) is 1. The van der Waals surface area contributed by atoms with Gasteiger partial charge >= 0.3 is 5.97 Å². The summed E-state index contributed by atoms with van der Waals surface area (Å²) in [7, 11) is 0. The van der Waals surface area contributed by atoms with Gasteiger partial charge in [0.1, 0.15) is 11.5 Å². The minimum Gasteiger partial charge on any atom is -0.550 e. The standard InChI is InChI=1S/C19H19NO5/c1-2-13(18(22)23)17-14-8-7-12(21)9-15(14)25-19(24)16(17)10-3-5-11(20)6-4-10/h3-9,13,16-17,21H,2,20H2,1H3,(H,22,23)/p-1. The largest absolute Gasteiger partial charge is 0.550 e. The molecule has 130 valence electrons. The second kappa shape index (κ2) is 6.47. The molecule has 0 fully saturated rings. The van der Waals surface area contributed by atoms with Crippen molar-refractivity contribution in [2.75, 3.05) is 5.73 Å². The van der Waals surface area contributed by atoms with Crippen LogP contribution in [0, 0.1) is 5.92 Å². The van der Waals surface area contributed by atoms with E-state index in [9.17, 15) is 19.8 Å². The lowest BCUT2D eigenvalue weighted by molar-refractivity contribution is -0.312. The summed E-state index contributed by atoms with van der Waals surface area (Å²) in [4.78, 5) is 24.4. The molecule has 0 saturated carbocycles. The van der Waals surface area contributed by atoms with Gasteiger partial charge in [0, 0.05) is 35.1 Å². The highest BCUT2D eigenvalue weighted by atomic mass is 16.5. The summed E-state index contributed by atoms with van der Waals surface area (Å²) in [6, 6.07) is 11.1. The summed E-state index contributed by atoms with van der Waals surface area (Å²) in [6.07, 6.45) is 0.298. The molecule has 0 aromatic heterocycles. The number of aromatic hydroxyl groups is 1. The highest BCUT2D eigenvalue weighted by Crippen LogP contribution is 2.48. The topological polar surface area (TPSA) is 113 Å². The van der Waals surface area contributed by atoms with Crippen LogP contribution in [-0.2, 0) is 9.59 Å². The van der Waals surface area contributed by atoms with E-state index >= 15 is 0 Å². The molecule has 0 aliphatic carbocycles. The molecule has 2 aromatic carbocycles. The minimum absolute atomic E-state index is 0.0577. The Morgan fingerprint density at radius 1 is 1.28 bits per heavy atom. The summed E-state index contributed by atoms with van der Waals surface area (Å²) >= 11 is 0. The van der Waals surface area contributed by atoms with Crippen molar-refractivity contribution in [3.8, 4) is 11.5 Å². The number of phenols is 1. The van der Waals surface area contributed by atoms with E-state index in [4.69, 9.17) is 10.5 Å². The minimum atomic E-state index is -1.22. The molecule has 1 aliphatic heterocycles. The Bertz CT molecular complexity index is 815. The number of rotatable bonds is 4. The van der Waals surface area contributed by atoms with Gasteiger partial charge in [-0.1, -0.05) is 25.1 Å². The Balaban J connectivity index is 2.17. The number of esters is 1. The first-order valence-electron chi connectivity index (χ1n) is 8.03. The second-order valence-corrected chi connectivity index (χ2v) is 6.15. The number of anilines is 1. The summed E-state index contributed by atoms with van der Waals surface area (Å²) in [5, 5.41) is 21.4. The number of carbonyl (C=O) groups is 2. The van der Waals surface area contributed by atoms with Gasteiger partial charge in [0.25, 0.3) is 0 Å². The van der Waals surface area contributed by atoms with Crippen molar-refractivity contribution in [3.63, 3.8) is 0 Å². The van der Waals surface area contributed by atoms with Crippen molar-refractivity contribution in [2.24, 2.45) is 5.92 Å². The van der Waals surface area contributed by atoms with Crippen LogP contribution in [0.1, 0.15) is 36.3 Å². The highest BCUT2D eigenvalue weighted by molar-refractivity contribution is 5.86. The number of aliphatic carboxylic acids is 1. The second-order valence-electron chi connectivity index (χ2n) is 6.15. The number of nitrogen functional groups attached to an aromatic ring is 1. The molecule has 0 saturated heterocycles. The first kappa shape index (κ1) is 16.8. The molecule has 6 heteroatoms. The van der Waals surface area contributed by atoms with E-state index in [1.165, 1.54) is 12.1 Å². The maximum absolute atomic E-state index is 12.7. The lowest BCUT2D eigenvalue weighted by Gasteiger charge is -2.37. The van der Waals surface area contributed by atoms with Crippen molar-refractivity contribution < 1.29 is 24.5 Å². The van der Waals surface area contributed by atoms with Crippen LogP contribution in [0.15, 0.2) is 42.5 Å². The van der Waals surface area contributed by atoms with Crippen LogP contribution in [0.2, 0.25) is 0 Å². The van der Waals surface area contributed by atoms with Crippen molar-refractivity contribution in [2.45, 2.75) is 25.2 Å². The Morgan fingerprint density at radius 2 is 1.96 bits per heavy atom. The number of hydrogen-bond donors (Lipinski definition) is 2. The Labute approximate surface area is 144 Å². The van der Waals surface area contributed by atoms with Crippen LogP contribution in [0.3, 0.4) is 0 Å². The van der Waals surface area contributed by atoms with Gasteiger partial charge in [-0.25, -0.2) is 0 Å². The number of ether oxygens (including phenoxy) is 1. The van der Waals surface area contributed by atoms with Gasteiger partial charge in [-0.3, -0.25) is 4.79 Å². The number of carbonyl (C=O) groups excluding carboxylic acids is 2. The Kier molecular flexibility index (Phi) is 4.35. The highest BCUT2D eigenvalue weighted by Gasteiger charge is 2.43. The monoisotopic (exact) mass is 340 g/mol. The molecule has 0 amide bonds. The van der Waals surface area contributed by atoms with E-state index < -0.39 is 29.7 Å². The third-order valence-corrected chi connectivity index (χ3v) is 4.65. The van der Waals surface area contributed by atoms with Gasteiger partial charge < -0.3 is 25.5 Å². The van der Waals surface area contributed by atoms with Crippen LogP contribution >= 0.6 is 0 Å². The number of benzene rings is 2. The number of carboxylic acids is 1. The molecule has 0 radical (unpaired) electrons. The molecule has 3 unspecified atom stereocenters. The number of hydrogen-bond acceptors (Lipinski definition) is 6. The lowest BCUT2D eigenvalue weighted by atomic mass is 9.71. The van der Waals surface area contributed by atoms with Crippen LogP contribution < -0.4 is 15.6 Å². The lowest BCUT2D eigenvalue weighted by Crippen LogP contribution is -2.41. The van der Waals surface area contributed by atoms with Gasteiger partial charge in [0.05, 0.1) is 5.92 Å². The third kappa shape index (κ3) is 3.03. The predicted octanol–water partition coefficient (Wildman–Crippen LogP) is 1.54. The normalized spacial score (nSPS) is 20.4. The molecule has 1 aliphatic rings. The average Bonchev–Trinajstić information content (AvgIpc) is 2.56. The smallest absolute Gasteiger partial charge is 0.319 e. The first-order chi connectivity index (χ1) is 11.9. The average molecular weight is 340 g/mol. The molecule has 0 spiro atoms. The molecular weight excluding hydrogens is 322 g/mol. The van der Waals surface area contributed by atoms with Crippen molar-refractivity contribution >= 4 is 17.6 Å². The van der Waals surface area contributed by atoms with Gasteiger partial charge in [-0.05, 0) is 30.2 Å². The quantitative estimate of drug-likeness (QED) is 0.496. The van der Waals surface area contributed by atoms with E-state index in [-0.39, 0.29) is 11.5 Å². The molecular formula is C19H18NO5-.